The van der Waals surface area contributed by atoms with Crippen LogP contribution in [0.4, 0.5) is 0 Å². The first-order valence-electron chi connectivity index (χ1n) is 3.60. The quantitative estimate of drug-likeness (QED) is 0.327. The third kappa shape index (κ3) is 5.07. The number of ether oxygens (including phenoxy) is 1. The minimum atomic E-state index is -0.427. The van der Waals surface area contributed by atoms with Crippen molar-refractivity contribution >= 4 is 5.97 Å². The molecular weight excluding hydrogens is 116 g/mol. The molecule has 2 nitrogen and oxygen atoms in total. The molecule has 0 bridgehead atoms. The highest BCUT2D eigenvalue weighted by Crippen LogP contribution is 1.88. The molecule has 0 saturated carbocycles. The van der Waals surface area contributed by atoms with E-state index in [4.69, 9.17) is 1.37 Å². The van der Waals surface area contributed by atoms with Gasteiger partial charge in [0.15, 0.2) is 0 Å². The predicted molar refractivity (Wildman–Crippen MR) is 36.1 cm³/mol. The smallest absolute Gasteiger partial charge is 0.330 e. The molecule has 0 aliphatic heterocycles. The Kier molecular flexibility index (Phi) is 3.76. The van der Waals surface area contributed by atoms with Crippen molar-refractivity contribution in [1.29, 1.82) is 0 Å². The van der Waals surface area contributed by atoms with Crippen LogP contribution in [0.15, 0.2) is 12.6 Å². The van der Waals surface area contributed by atoms with E-state index >= 15 is 0 Å². The molecule has 0 amide bonds. The van der Waals surface area contributed by atoms with E-state index < -0.39 is 5.97 Å². The third-order valence-electron chi connectivity index (χ3n) is 0.878. The van der Waals surface area contributed by atoms with E-state index in [0.717, 1.165) is 25.5 Å². The summed E-state index contributed by atoms with van der Waals surface area (Å²) < 4.78 is 11.2. The average molecular weight is 129 g/mol. The summed E-state index contributed by atoms with van der Waals surface area (Å²) >= 11 is 0. The van der Waals surface area contributed by atoms with Crippen molar-refractivity contribution in [1.82, 2.24) is 0 Å². The molecule has 0 fully saturated rings. The molecule has 9 heavy (non-hydrogen) atoms. The van der Waals surface area contributed by atoms with Crippen molar-refractivity contribution in [3.63, 3.8) is 0 Å². The predicted octanol–water partition coefficient (Wildman–Crippen LogP) is 1.52. The second-order valence-electron chi connectivity index (χ2n) is 1.69. The van der Waals surface area contributed by atoms with Crippen LogP contribution in [0.2, 0.25) is 0 Å². The highest BCUT2D eigenvalue weighted by Gasteiger charge is 1.91. The van der Waals surface area contributed by atoms with Crippen molar-refractivity contribution in [3.8, 4) is 0 Å². The van der Waals surface area contributed by atoms with Crippen LogP contribution in [0.25, 0.3) is 0 Å². The molecule has 0 aliphatic rings. The minimum Gasteiger partial charge on any atom is -0.463 e. The zero-order valence-corrected chi connectivity index (χ0v) is 5.59. The number of unbranched alkanes of at least 4 members (excludes halogenated alkanes) is 1. The Hall–Kier alpha value is -0.790. The molecule has 0 aliphatic carbocycles. The SMILES string of the molecule is [2H]/C=C/C(=O)OCCCC. The summed E-state index contributed by atoms with van der Waals surface area (Å²) in [5.41, 5.74) is 0. The first kappa shape index (κ1) is 6.33. The van der Waals surface area contributed by atoms with E-state index in [1.807, 2.05) is 6.92 Å². The summed E-state index contributed by atoms with van der Waals surface area (Å²) in [5.74, 6) is -0.427. The summed E-state index contributed by atoms with van der Waals surface area (Å²) in [7, 11) is 0. The van der Waals surface area contributed by atoms with Crippen LogP contribution in [0, 0.1) is 0 Å². The van der Waals surface area contributed by atoms with E-state index in [0.29, 0.717) is 6.61 Å². The first-order chi connectivity index (χ1) is 4.81. The number of carbonyl (C=O) groups excluding carboxylic acids is 1. The number of hydrogen-bond acceptors (Lipinski definition) is 2. The topological polar surface area (TPSA) is 26.3 Å². The second-order valence-corrected chi connectivity index (χ2v) is 1.69. The zero-order chi connectivity index (χ0) is 7.82. The number of hydrogen-bond donors (Lipinski definition) is 0. The highest BCUT2D eigenvalue weighted by molar-refractivity contribution is 5.81. The van der Waals surface area contributed by atoms with Gasteiger partial charge < -0.3 is 4.74 Å². The van der Waals surface area contributed by atoms with Gasteiger partial charge in [0.1, 0.15) is 0 Å². The summed E-state index contributed by atoms with van der Waals surface area (Å²) in [6.07, 6.45) is 2.99. The lowest BCUT2D eigenvalue weighted by Gasteiger charge is -1.97. The average Bonchev–Trinajstić information content (AvgIpc) is 1.89. The van der Waals surface area contributed by atoms with Crippen LogP contribution in [-0.2, 0) is 9.53 Å². The number of rotatable bonds is 4. The minimum absolute atomic E-state index is 0.427. The van der Waals surface area contributed by atoms with Crippen LogP contribution >= 0.6 is 0 Å². The largest absolute Gasteiger partial charge is 0.463 e. The van der Waals surface area contributed by atoms with Gasteiger partial charge in [-0.15, -0.1) is 0 Å². The molecule has 0 aromatic rings. The first-order valence-corrected chi connectivity index (χ1v) is 3.03. The third-order valence-corrected chi connectivity index (χ3v) is 0.878. The Labute approximate surface area is 56.9 Å². The van der Waals surface area contributed by atoms with Gasteiger partial charge in [0.2, 0.25) is 0 Å². The maximum Gasteiger partial charge on any atom is 0.330 e. The molecular formula is C7H12O2. The fourth-order valence-electron chi connectivity index (χ4n) is 0.365. The molecule has 0 heterocycles. The highest BCUT2D eigenvalue weighted by atomic mass is 16.5. The summed E-state index contributed by atoms with van der Waals surface area (Å²) in [6.45, 7) is 3.40. The molecule has 0 saturated heterocycles. The molecule has 0 unspecified atom stereocenters. The lowest BCUT2D eigenvalue weighted by molar-refractivity contribution is -0.137. The van der Waals surface area contributed by atoms with Crippen molar-refractivity contribution in [2.75, 3.05) is 6.61 Å². The van der Waals surface area contributed by atoms with E-state index in [9.17, 15) is 4.79 Å². The van der Waals surface area contributed by atoms with Gasteiger partial charge in [-0.05, 0) is 6.42 Å². The fraction of sp³-hybridized carbons (Fsp3) is 0.571. The van der Waals surface area contributed by atoms with Crippen LogP contribution in [-0.4, -0.2) is 12.6 Å². The molecule has 52 valence electrons. The summed E-state index contributed by atoms with van der Waals surface area (Å²) in [4.78, 5) is 10.5. The Morgan fingerprint density at radius 1 is 2.00 bits per heavy atom. The maximum atomic E-state index is 10.5. The van der Waals surface area contributed by atoms with Crippen molar-refractivity contribution < 1.29 is 10.9 Å². The molecule has 0 N–H and O–H groups in total. The lowest BCUT2D eigenvalue weighted by Crippen LogP contribution is -2.00. The zero-order valence-electron chi connectivity index (χ0n) is 6.59. The molecule has 0 aromatic heterocycles. The van der Waals surface area contributed by atoms with E-state index in [1.165, 1.54) is 0 Å². The van der Waals surface area contributed by atoms with Crippen LogP contribution < -0.4 is 0 Å². The summed E-state index contributed by atoms with van der Waals surface area (Å²) in [5, 5.41) is 0. The van der Waals surface area contributed by atoms with E-state index in [2.05, 4.69) is 4.74 Å². The lowest BCUT2D eigenvalue weighted by atomic mass is 10.4. The van der Waals surface area contributed by atoms with Crippen LogP contribution in [0.1, 0.15) is 21.1 Å². The monoisotopic (exact) mass is 129 g/mol. The van der Waals surface area contributed by atoms with Gasteiger partial charge in [-0.1, -0.05) is 19.9 Å². The van der Waals surface area contributed by atoms with Gasteiger partial charge in [0.25, 0.3) is 0 Å². The summed E-state index contributed by atoms with van der Waals surface area (Å²) in [6, 6.07) is 0. The molecule has 0 aromatic carbocycles. The Morgan fingerprint density at radius 3 is 3.33 bits per heavy atom. The molecule has 2 heteroatoms. The Bertz CT molecular complexity index is 121. The molecule has 0 spiro atoms. The number of esters is 1. The van der Waals surface area contributed by atoms with Crippen molar-refractivity contribution in [3.05, 3.63) is 12.6 Å². The maximum absolute atomic E-state index is 10.5. The van der Waals surface area contributed by atoms with Crippen molar-refractivity contribution in [2.24, 2.45) is 0 Å². The second kappa shape index (κ2) is 5.35. The van der Waals surface area contributed by atoms with Gasteiger partial charge >= 0.3 is 5.97 Å². The Balaban J connectivity index is 3.22. The van der Waals surface area contributed by atoms with Crippen LogP contribution in [0.5, 0.6) is 0 Å². The molecule has 0 rings (SSSR count). The van der Waals surface area contributed by atoms with Gasteiger partial charge in [-0.2, -0.15) is 0 Å². The van der Waals surface area contributed by atoms with Crippen molar-refractivity contribution in [2.45, 2.75) is 19.8 Å². The number of carbonyl (C=O) groups is 1. The fourth-order valence-corrected chi connectivity index (χ4v) is 0.365. The van der Waals surface area contributed by atoms with E-state index in [1.54, 1.807) is 0 Å². The Morgan fingerprint density at radius 2 is 2.78 bits per heavy atom. The van der Waals surface area contributed by atoms with Crippen LogP contribution in [0.3, 0.4) is 0 Å². The van der Waals surface area contributed by atoms with Gasteiger partial charge in [-0.3, -0.25) is 0 Å². The molecule has 0 atom stereocenters. The van der Waals surface area contributed by atoms with Gasteiger partial charge in [0, 0.05) is 6.08 Å². The van der Waals surface area contributed by atoms with Gasteiger partial charge in [0.05, 0.1) is 7.98 Å². The standard InChI is InChI=1S/C7H12O2/c1-3-5-6-9-7(8)4-2/h4H,2-3,5-6H2,1H3/i2D/b4-2+. The molecule has 0 radical (unpaired) electrons. The van der Waals surface area contributed by atoms with Gasteiger partial charge in [-0.25, -0.2) is 4.79 Å². The van der Waals surface area contributed by atoms with E-state index in [-0.39, 0.29) is 0 Å². The normalized spacial score (nSPS) is 11.4.